The minimum absolute atomic E-state index is 0.205. The molecule has 0 fully saturated rings. The van der Waals surface area contributed by atoms with E-state index in [9.17, 15) is 4.79 Å². The van der Waals surface area contributed by atoms with Crippen LogP contribution in [0.5, 0.6) is 0 Å². The summed E-state index contributed by atoms with van der Waals surface area (Å²) in [6.45, 7) is 6.36. The molecule has 1 aliphatic rings. The van der Waals surface area contributed by atoms with Crippen molar-refractivity contribution in [2.45, 2.75) is 33.2 Å². The molecule has 0 radical (unpaired) electrons. The summed E-state index contributed by atoms with van der Waals surface area (Å²) in [7, 11) is 1.92. The largest absolute Gasteiger partial charge is 0.316 e. The lowest BCUT2D eigenvalue weighted by atomic mass is 9.69. The normalized spacial score (nSPS) is 37.4. The Morgan fingerprint density at radius 3 is 2.46 bits per heavy atom. The van der Waals surface area contributed by atoms with Crippen LogP contribution in [-0.4, -0.2) is 19.4 Å². The molecule has 0 amide bonds. The summed E-state index contributed by atoms with van der Waals surface area (Å²) in [5, 5.41) is 3.22. The van der Waals surface area contributed by atoms with Crippen LogP contribution < -0.4 is 5.32 Å². The summed E-state index contributed by atoms with van der Waals surface area (Å²) < 4.78 is 0. The second-order valence-corrected chi connectivity index (χ2v) is 4.85. The summed E-state index contributed by atoms with van der Waals surface area (Å²) in [5.41, 5.74) is -0.125. The molecule has 2 heteroatoms. The molecule has 1 N–H and O–H groups in total. The maximum atomic E-state index is 11.0. The van der Waals surface area contributed by atoms with Gasteiger partial charge in [0.25, 0.3) is 0 Å². The molecule has 0 aromatic carbocycles. The Labute approximate surface area is 80.4 Å². The molecule has 2 nitrogen and oxygen atoms in total. The van der Waals surface area contributed by atoms with E-state index in [4.69, 9.17) is 0 Å². The molecule has 2 unspecified atom stereocenters. The van der Waals surface area contributed by atoms with Gasteiger partial charge in [0.2, 0.25) is 0 Å². The van der Waals surface area contributed by atoms with Crippen molar-refractivity contribution in [3.63, 3.8) is 0 Å². The maximum Gasteiger partial charge on any atom is 0.131 e. The molecular weight excluding hydrogens is 162 g/mol. The number of carbonyl (C=O) groups is 1. The van der Waals surface area contributed by atoms with Gasteiger partial charge in [-0.05, 0) is 25.8 Å². The van der Waals surface area contributed by atoms with Gasteiger partial charge in [-0.25, -0.2) is 0 Å². The van der Waals surface area contributed by atoms with Crippen molar-refractivity contribution in [1.29, 1.82) is 0 Å². The Morgan fingerprint density at radius 2 is 2.00 bits per heavy atom. The zero-order chi connectivity index (χ0) is 10.1. The number of hydrogen-bond acceptors (Lipinski definition) is 2. The second kappa shape index (κ2) is 3.26. The number of carbonyl (C=O) groups excluding carboxylic acids is 1. The summed E-state index contributed by atoms with van der Waals surface area (Å²) in [6.07, 6.45) is 6.23. The van der Waals surface area contributed by atoms with Crippen molar-refractivity contribution in [2.75, 3.05) is 7.05 Å². The number of nitrogens with one attached hydrogen (secondary N) is 1. The van der Waals surface area contributed by atoms with Crippen LogP contribution in [0.1, 0.15) is 27.2 Å². The smallest absolute Gasteiger partial charge is 0.131 e. The van der Waals surface area contributed by atoms with Crippen LogP contribution in [0.15, 0.2) is 12.2 Å². The first kappa shape index (κ1) is 10.5. The highest BCUT2D eigenvalue weighted by Crippen LogP contribution is 2.37. The van der Waals surface area contributed by atoms with Gasteiger partial charge >= 0.3 is 0 Å². The number of aldehydes is 1. The van der Waals surface area contributed by atoms with Crippen molar-refractivity contribution in [3.05, 3.63) is 12.2 Å². The van der Waals surface area contributed by atoms with Crippen molar-refractivity contribution in [2.24, 2.45) is 10.8 Å². The van der Waals surface area contributed by atoms with Gasteiger partial charge in [-0.2, -0.15) is 0 Å². The lowest BCUT2D eigenvalue weighted by molar-refractivity contribution is -0.115. The van der Waals surface area contributed by atoms with Gasteiger partial charge in [-0.3, -0.25) is 0 Å². The fourth-order valence-electron chi connectivity index (χ4n) is 1.87. The third-order valence-electron chi connectivity index (χ3n) is 2.98. The number of hydrogen-bond donors (Lipinski definition) is 1. The zero-order valence-electron chi connectivity index (χ0n) is 8.92. The van der Waals surface area contributed by atoms with E-state index in [-0.39, 0.29) is 16.9 Å². The topological polar surface area (TPSA) is 29.1 Å². The SMILES string of the molecule is CNC1CC(C)(C)C=CC1(C)C=O. The molecule has 0 saturated carbocycles. The average molecular weight is 181 g/mol. The van der Waals surface area contributed by atoms with Gasteiger partial charge in [0.05, 0.1) is 5.41 Å². The van der Waals surface area contributed by atoms with Crippen LogP contribution in [-0.2, 0) is 4.79 Å². The first-order valence-electron chi connectivity index (χ1n) is 4.77. The molecule has 1 rings (SSSR count). The first-order chi connectivity index (χ1) is 5.93. The number of rotatable bonds is 2. The van der Waals surface area contributed by atoms with Gasteiger partial charge in [-0.15, -0.1) is 0 Å². The number of allylic oxidation sites excluding steroid dienone is 1. The van der Waals surface area contributed by atoms with Crippen molar-refractivity contribution in [1.82, 2.24) is 5.32 Å². The van der Waals surface area contributed by atoms with Crippen LogP contribution in [0.25, 0.3) is 0 Å². The third-order valence-corrected chi connectivity index (χ3v) is 2.98. The molecule has 0 saturated heterocycles. The van der Waals surface area contributed by atoms with E-state index in [0.29, 0.717) is 0 Å². The van der Waals surface area contributed by atoms with E-state index in [1.807, 2.05) is 20.0 Å². The highest BCUT2D eigenvalue weighted by molar-refractivity contribution is 5.64. The second-order valence-electron chi connectivity index (χ2n) is 4.85. The van der Waals surface area contributed by atoms with E-state index in [0.717, 1.165) is 12.7 Å². The highest BCUT2D eigenvalue weighted by Gasteiger charge is 2.37. The van der Waals surface area contributed by atoms with Crippen molar-refractivity contribution in [3.8, 4) is 0 Å². The fraction of sp³-hybridized carbons (Fsp3) is 0.727. The van der Waals surface area contributed by atoms with Crippen LogP contribution >= 0.6 is 0 Å². The van der Waals surface area contributed by atoms with E-state index < -0.39 is 0 Å². The standard InChI is InChI=1S/C11H19NO/c1-10(2)5-6-11(3,8-13)9(7-10)12-4/h5-6,8-9,12H,7H2,1-4H3. The highest BCUT2D eigenvalue weighted by atomic mass is 16.1. The zero-order valence-corrected chi connectivity index (χ0v) is 8.92. The molecular formula is C11H19NO. The molecule has 13 heavy (non-hydrogen) atoms. The van der Waals surface area contributed by atoms with Gasteiger partial charge in [0.1, 0.15) is 6.29 Å². The maximum absolute atomic E-state index is 11.0. The molecule has 0 aromatic rings. The molecule has 1 aliphatic carbocycles. The lowest BCUT2D eigenvalue weighted by Gasteiger charge is -2.40. The van der Waals surface area contributed by atoms with E-state index >= 15 is 0 Å². The molecule has 74 valence electrons. The van der Waals surface area contributed by atoms with E-state index in [1.165, 1.54) is 0 Å². The van der Waals surface area contributed by atoms with Crippen LogP contribution in [0.4, 0.5) is 0 Å². The summed E-state index contributed by atoms with van der Waals surface area (Å²) in [4.78, 5) is 11.0. The summed E-state index contributed by atoms with van der Waals surface area (Å²) in [6, 6.07) is 0.255. The average Bonchev–Trinajstić information content (AvgIpc) is 2.09. The van der Waals surface area contributed by atoms with Crippen LogP contribution in [0.3, 0.4) is 0 Å². The molecule has 0 aromatic heterocycles. The first-order valence-corrected chi connectivity index (χ1v) is 4.77. The fourth-order valence-corrected chi connectivity index (χ4v) is 1.87. The van der Waals surface area contributed by atoms with Crippen molar-refractivity contribution >= 4 is 6.29 Å². The molecule has 0 aliphatic heterocycles. The Bertz CT molecular complexity index is 232. The molecule has 0 bridgehead atoms. The van der Waals surface area contributed by atoms with Gasteiger partial charge in [-0.1, -0.05) is 26.0 Å². The Balaban J connectivity index is 2.95. The summed E-state index contributed by atoms with van der Waals surface area (Å²) in [5.74, 6) is 0. The Kier molecular flexibility index (Phi) is 2.62. The third kappa shape index (κ3) is 1.99. The van der Waals surface area contributed by atoms with Crippen LogP contribution in [0.2, 0.25) is 0 Å². The van der Waals surface area contributed by atoms with Crippen molar-refractivity contribution < 1.29 is 4.79 Å². The van der Waals surface area contributed by atoms with Gasteiger partial charge in [0, 0.05) is 6.04 Å². The minimum atomic E-state index is -0.329. The Hall–Kier alpha value is -0.630. The predicted octanol–water partition coefficient (Wildman–Crippen LogP) is 1.77. The minimum Gasteiger partial charge on any atom is -0.316 e. The summed E-state index contributed by atoms with van der Waals surface area (Å²) >= 11 is 0. The van der Waals surface area contributed by atoms with E-state index in [2.05, 4.69) is 25.2 Å². The molecule has 0 spiro atoms. The van der Waals surface area contributed by atoms with E-state index in [1.54, 1.807) is 0 Å². The lowest BCUT2D eigenvalue weighted by Crippen LogP contribution is -2.46. The quantitative estimate of drug-likeness (QED) is 0.519. The predicted molar refractivity (Wildman–Crippen MR) is 54.6 cm³/mol. The molecule has 0 heterocycles. The van der Waals surface area contributed by atoms with Gasteiger partial charge < -0.3 is 10.1 Å². The Morgan fingerprint density at radius 1 is 1.38 bits per heavy atom. The monoisotopic (exact) mass is 181 g/mol. The molecule has 2 atom stereocenters. The van der Waals surface area contributed by atoms with Gasteiger partial charge in [0.15, 0.2) is 0 Å². The van der Waals surface area contributed by atoms with Crippen LogP contribution in [0, 0.1) is 10.8 Å².